The molecule has 2 N–H and O–H groups in total. The van der Waals surface area contributed by atoms with Crippen molar-refractivity contribution in [3.8, 4) is 0 Å². The lowest BCUT2D eigenvalue weighted by molar-refractivity contribution is 0.0952. The highest BCUT2D eigenvalue weighted by Crippen LogP contribution is 2.27. The molecule has 16 heavy (non-hydrogen) atoms. The Bertz CT molecular complexity index is 159. The van der Waals surface area contributed by atoms with Crippen molar-refractivity contribution in [1.29, 1.82) is 0 Å². The third-order valence-electron chi connectivity index (χ3n) is 3.57. The van der Waals surface area contributed by atoms with Gasteiger partial charge in [-0.05, 0) is 12.3 Å². The number of alkyl halides is 1. The Kier molecular flexibility index (Phi) is 8.91. The molecule has 0 aliphatic rings. The summed E-state index contributed by atoms with van der Waals surface area (Å²) in [5, 5.41) is 0. The van der Waals surface area contributed by atoms with Gasteiger partial charge in [0.05, 0.1) is 0 Å². The van der Waals surface area contributed by atoms with E-state index in [1.807, 2.05) is 13.8 Å². The molecule has 0 aliphatic carbocycles. The first-order chi connectivity index (χ1) is 7.56. The normalized spacial score (nSPS) is 15.4. The van der Waals surface area contributed by atoms with Crippen molar-refractivity contribution in [2.75, 3.05) is 6.54 Å². The van der Waals surface area contributed by atoms with Gasteiger partial charge in [0.1, 0.15) is 5.67 Å². The van der Waals surface area contributed by atoms with Crippen LogP contribution in [0.25, 0.3) is 0 Å². The molecular weight excluding hydrogens is 201 g/mol. The van der Waals surface area contributed by atoms with E-state index in [9.17, 15) is 4.39 Å². The standard InChI is InChI=1S/C14H30FN/c1-4-5-6-7-8-9-10-11-14(15,12-16)13(2)3/h13H,4-12,16H2,1-3H3. The zero-order valence-electron chi connectivity index (χ0n) is 11.4. The first kappa shape index (κ1) is 15.9. The molecule has 0 heterocycles. The predicted molar refractivity (Wildman–Crippen MR) is 70.3 cm³/mol. The van der Waals surface area contributed by atoms with Crippen LogP contribution in [0.3, 0.4) is 0 Å². The minimum atomic E-state index is -1.14. The third kappa shape index (κ3) is 6.47. The van der Waals surface area contributed by atoms with Crippen LogP contribution in [0.15, 0.2) is 0 Å². The summed E-state index contributed by atoms with van der Waals surface area (Å²) in [6.07, 6.45) is 9.28. The number of hydrogen-bond acceptors (Lipinski definition) is 1. The second kappa shape index (κ2) is 8.98. The summed E-state index contributed by atoms with van der Waals surface area (Å²) in [5.74, 6) is 0.0394. The van der Waals surface area contributed by atoms with E-state index in [-0.39, 0.29) is 12.5 Å². The highest BCUT2D eigenvalue weighted by molar-refractivity contribution is 4.83. The summed E-state index contributed by atoms with van der Waals surface area (Å²) in [7, 11) is 0. The van der Waals surface area contributed by atoms with Gasteiger partial charge in [-0.3, -0.25) is 0 Å². The van der Waals surface area contributed by atoms with Gasteiger partial charge in [-0.25, -0.2) is 4.39 Å². The number of rotatable bonds is 10. The topological polar surface area (TPSA) is 26.0 Å². The summed E-state index contributed by atoms with van der Waals surface area (Å²) in [4.78, 5) is 0. The second-order valence-electron chi connectivity index (χ2n) is 5.26. The SMILES string of the molecule is CCCCCCCCCC(F)(CN)C(C)C. The van der Waals surface area contributed by atoms with Gasteiger partial charge in [0.2, 0.25) is 0 Å². The smallest absolute Gasteiger partial charge is 0.125 e. The molecule has 0 radical (unpaired) electrons. The summed E-state index contributed by atoms with van der Waals surface area (Å²) in [5.41, 5.74) is 4.38. The van der Waals surface area contributed by atoms with Gasteiger partial charge in [0.15, 0.2) is 0 Å². The zero-order valence-corrected chi connectivity index (χ0v) is 11.4. The minimum Gasteiger partial charge on any atom is -0.328 e. The molecule has 98 valence electrons. The first-order valence-corrected chi connectivity index (χ1v) is 6.95. The molecule has 0 saturated heterocycles. The average molecular weight is 231 g/mol. The van der Waals surface area contributed by atoms with Crippen LogP contribution in [0.4, 0.5) is 4.39 Å². The van der Waals surface area contributed by atoms with Crippen LogP contribution in [0.1, 0.15) is 72.1 Å². The maximum atomic E-state index is 14.1. The first-order valence-electron chi connectivity index (χ1n) is 6.95. The third-order valence-corrected chi connectivity index (χ3v) is 3.57. The Labute approximate surface area is 101 Å². The minimum absolute atomic E-state index is 0.0394. The molecule has 0 rings (SSSR count). The maximum absolute atomic E-state index is 14.1. The molecule has 1 unspecified atom stereocenters. The molecule has 0 aromatic heterocycles. The van der Waals surface area contributed by atoms with Crippen LogP contribution in [0.2, 0.25) is 0 Å². The maximum Gasteiger partial charge on any atom is 0.125 e. The lowest BCUT2D eigenvalue weighted by Crippen LogP contribution is -2.38. The zero-order chi connectivity index (χ0) is 12.4. The van der Waals surface area contributed by atoms with Gasteiger partial charge < -0.3 is 5.73 Å². The number of unbranched alkanes of at least 4 members (excludes halogenated alkanes) is 6. The van der Waals surface area contributed by atoms with E-state index >= 15 is 0 Å². The van der Waals surface area contributed by atoms with E-state index in [0.29, 0.717) is 6.42 Å². The Morgan fingerprint density at radius 1 is 1.00 bits per heavy atom. The van der Waals surface area contributed by atoms with E-state index in [1.54, 1.807) is 0 Å². The van der Waals surface area contributed by atoms with Gasteiger partial charge >= 0.3 is 0 Å². The summed E-state index contributed by atoms with van der Waals surface area (Å²) < 4.78 is 14.1. The summed E-state index contributed by atoms with van der Waals surface area (Å²) in [6, 6.07) is 0. The molecule has 1 atom stereocenters. The fourth-order valence-corrected chi connectivity index (χ4v) is 2.00. The van der Waals surface area contributed by atoms with Crippen molar-refractivity contribution in [2.24, 2.45) is 11.7 Å². The molecular formula is C14H30FN. The largest absolute Gasteiger partial charge is 0.328 e. The van der Waals surface area contributed by atoms with Crippen molar-refractivity contribution in [3.05, 3.63) is 0 Å². The van der Waals surface area contributed by atoms with Crippen molar-refractivity contribution in [2.45, 2.75) is 77.8 Å². The van der Waals surface area contributed by atoms with Crippen molar-refractivity contribution in [3.63, 3.8) is 0 Å². The molecule has 2 heteroatoms. The van der Waals surface area contributed by atoms with Crippen LogP contribution in [0.5, 0.6) is 0 Å². The van der Waals surface area contributed by atoms with Crippen LogP contribution >= 0.6 is 0 Å². The quantitative estimate of drug-likeness (QED) is 0.552. The molecule has 0 bridgehead atoms. The van der Waals surface area contributed by atoms with Gasteiger partial charge in [-0.15, -0.1) is 0 Å². The Hall–Kier alpha value is -0.110. The number of nitrogens with two attached hydrogens (primary N) is 1. The van der Waals surface area contributed by atoms with E-state index < -0.39 is 5.67 Å². The van der Waals surface area contributed by atoms with E-state index in [1.165, 1.54) is 32.1 Å². The van der Waals surface area contributed by atoms with Crippen molar-refractivity contribution >= 4 is 0 Å². The average Bonchev–Trinajstić information content (AvgIpc) is 2.27. The number of halogens is 1. The molecule has 0 aromatic rings. The Morgan fingerprint density at radius 3 is 1.94 bits per heavy atom. The molecule has 0 spiro atoms. The van der Waals surface area contributed by atoms with E-state index in [0.717, 1.165) is 12.8 Å². The van der Waals surface area contributed by atoms with E-state index in [2.05, 4.69) is 6.92 Å². The molecule has 0 amide bonds. The van der Waals surface area contributed by atoms with Crippen LogP contribution < -0.4 is 5.73 Å². The van der Waals surface area contributed by atoms with Gasteiger partial charge in [0, 0.05) is 6.54 Å². The molecule has 0 saturated carbocycles. The molecule has 0 aliphatic heterocycles. The molecule has 0 aromatic carbocycles. The van der Waals surface area contributed by atoms with Crippen molar-refractivity contribution < 1.29 is 4.39 Å². The fourth-order valence-electron chi connectivity index (χ4n) is 2.00. The van der Waals surface area contributed by atoms with Gasteiger partial charge in [-0.2, -0.15) is 0 Å². The fraction of sp³-hybridized carbons (Fsp3) is 1.00. The lowest BCUT2D eigenvalue weighted by Gasteiger charge is -2.27. The summed E-state index contributed by atoms with van der Waals surface area (Å²) in [6.45, 7) is 6.24. The lowest BCUT2D eigenvalue weighted by atomic mass is 9.87. The van der Waals surface area contributed by atoms with Crippen LogP contribution in [0, 0.1) is 5.92 Å². The highest BCUT2D eigenvalue weighted by Gasteiger charge is 2.30. The molecule has 0 fully saturated rings. The Morgan fingerprint density at radius 2 is 1.50 bits per heavy atom. The van der Waals surface area contributed by atoms with Gasteiger partial charge in [-0.1, -0.05) is 65.7 Å². The second-order valence-corrected chi connectivity index (χ2v) is 5.26. The monoisotopic (exact) mass is 231 g/mol. The Balaban J connectivity index is 3.49. The summed E-state index contributed by atoms with van der Waals surface area (Å²) >= 11 is 0. The van der Waals surface area contributed by atoms with E-state index in [4.69, 9.17) is 5.73 Å². The predicted octanol–water partition coefficient (Wildman–Crippen LogP) is 4.45. The highest BCUT2D eigenvalue weighted by atomic mass is 19.1. The van der Waals surface area contributed by atoms with Crippen molar-refractivity contribution in [1.82, 2.24) is 0 Å². The number of hydrogen-bond donors (Lipinski definition) is 1. The van der Waals surface area contributed by atoms with Gasteiger partial charge in [0.25, 0.3) is 0 Å². The van der Waals surface area contributed by atoms with Crippen LogP contribution in [-0.4, -0.2) is 12.2 Å². The molecule has 1 nitrogen and oxygen atoms in total. The van der Waals surface area contributed by atoms with Crippen LogP contribution in [-0.2, 0) is 0 Å².